The van der Waals surface area contributed by atoms with E-state index in [-0.39, 0.29) is 6.61 Å². The van der Waals surface area contributed by atoms with Gasteiger partial charge in [-0.05, 0) is 17.5 Å². The van der Waals surface area contributed by atoms with Crippen LogP contribution in [0.25, 0.3) is 21.0 Å². The highest BCUT2D eigenvalue weighted by molar-refractivity contribution is 7.21. The standard InChI is InChI=1S/C12H12N2O2S/c13-9-5-7-1-2-8-6-10(16-4-3-15)17-12(8)11(7)14-9/h1-2,5-6,14-15H,3-4,13H2. The molecular formula is C12H12N2O2S. The van der Waals surface area contributed by atoms with Crippen molar-refractivity contribution >= 4 is 38.1 Å². The van der Waals surface area contributed by atoms with Gasteiger partial charge in [0.25, 0.3) is 0 Å². The van der Waals surface area contributed by atoms with E-state index in [1.54, 1.807) is 11.3 Å². The van der Waals surface area contributed by atoms with Gasteiger partial charge in [-0.25, -0.2) is 0 Å². The number of hydrogen-bond donors (Lipinski definition) is 3. The number of aromatic nitrogens is 1. The maximum atomic E-state index is 8.73. The summed E-state index contributed by atoms with van der Waals surface area (Å²) in [4.78, 5) is 3.15. The van der Waals surface area contributed by atoms with Crippen molar-refractivity contribution in [2.24, 2.45) is 0 Å². The Morgan fingerprint density at radius 1 is 1.29 bits per heavy atom. The van der Waals surface area contributed by atoms with Crippen molar-refractivity contribution in [1.82, 2.24) is 4.98 Å². The van der Waals surface area contributed by atoms with Crippen molar-refractivity contribution in [3.63, 3.8) is 0 Å². The van der Waals surface area contributed by atoms with Crippen molar-refractivity contribution in [2.45, 2.75) is 0 Å². The van der Waals surface area contributed by atoms with Gasteiger partial charge in [0.15, 0.2) is 5.06 Å². The van der Waals surface area contributed by atoms with E-state index in [9.17, 15) is 0 Å². The van der Waals surface area contributed by atoms with Crippen LogP contribution >= 0.6 is 11.3 Å². The molecule has 5 heteroatoms. The summed E-state index contributed by atoms with van der Waals surface area (Å²) in [6, 6.07) is 7.98. The van der Waals surface area contributed by atoms with Gasteiger partial charge >= 0.3 is 0 Å². The van der Waals surface area contributed by atoms with Gasteiger partial charge in [-0.1, -0.05) is 23.5 Å². The second-order valence-corrected chi connectivity index (χ2v) is 4.83. The van der Waals surface area contributed by atoms with Gasteiger partial charge < -0.3 is 20.6 Å². The molecule has 0 radical (unpaired) electrons. The number of nitrogen functional groups attached to an aromatic ring is 1. The second-order valence-electron chi connectivity index (χ2n) is 3.81. The fourth-order valence-electron chi connectivity index (χ4n) is 1.91. The number of aliphatic hydroxyl groups is 1. The van der Waals surface area contributed by atoms with Crippen LogP contribution in [0, 0.1) is 0 Å². The Morgan fingerprint density at radius 3 is 2.94 bits per heavy atom. The van der Waals surface area contributed by atoms with Crippen molar-refractivity contribution < 1.29 is 9.84 Å². The number of aliphatic hydroxyl groups excluding tert-OH is 1. The van der Waals surface area contributed by atoms with Crippen LogP contribution < -0.4 is 10.5 Å². The van der Waals surface area contributed by atoms with Crippen molar-refractivity contribution in [1.29, 1.82) is 0 Å². The molecule has 0 saturated carbocycles. The summed E-state index contributed by atoms with van der Waals surface area (Å²) >= 11 is 1.56. The Morgan fingerprint density at radius 2 is 2.12 bits per heavy atom. The third-order valence-corrected chi connectivity index (χ3v) is 3.69. The highest BCUT2D eigenvalue weighted by atomic mass is 32.1. The molecule has 3 aromatic rings. The van der Waals surface area contributed by atoms with Gasteiger partial charge in [0.05, 0.1) is 16.8 Å². The van der Waals surface area contributed by atoms with Gasteiger partial charge in [0, 0.05) is 5.39 Å². The molecule has 0 unspecified atom stereocenters. The summed E-state index contributed by atoms with van der Waals surface area (Å²) in [5.41, 5.74) is 6.80. The molecule has 0 aliphatic rings. The first kappa shape index (κ1) is 10.4. The summed E-state index contributed by atoms with van der Waals surface area (Å²) in [6.07, 6.45) is 0. The molecule has 0 fully saturated rings. The first-order valence-electron chi connectivity index (χ1n) is 5.32. The molecule has 2 heterocycles. The molecule has 88 valence electrons. The number of anilines is 1. The van der Waals surface area contributed by atoms with E-state index in [0.29, 0.717) is 12.4 Å². The lowest BCUT2D eigenvalue weighted by molar-refractivity contribution is 0.205. The fourth-order valence-corrected chi connectivity index (χ4v) is 2.95. The molecule has 0 atom stereocenters. The predicted octanol–water partition coefficient (Wildman–Crippen LogP) is 2.34. The third-order valence-electron chi connectivity index (χ3n) is 2.61. The monoisotopic (exact) mass is 248 g/mol. The van der Waals surface area contributed by atoms with E-state index in [4.69, 9.17) is 15.6 Å². The minimum atomic E-state index is 0.0269. The molecule has 3 rings (SSSR count). The SMILES string of the molecule is Nc1cc2ccc3cc(OCCO)sc3c2[nH]1. The minimum Gasteiger partial charge on any atom is -0.482 e. The van der Waals surface area contributed by atoms with Crippen LogP contribution in [-0.4, -0.2) is 23.3 Å². The molecule has 0 saturated heterocycles. The highest BCUT2D eigenvalue weighted by Gasteiger charge is 2.08. The number of nitrogens with one attached hydrogen (secondary N) is 1. The average molecular weight is 248 g/mol. The van der Waals surface area contributed by atoms with Crippen LogP contribution in [-0.2, 0) is 0 Å². The minimum absolute atomic E-state index is 0.0269. The van der Waals surface area contributed by atoms with Crippen LogP contribution in [0.1, 0.15) is 0 Å². The summed E-state index contributed by atoms with van der Waals surface area (Å²) in [6.45, 7) is 0.349. The van der Waals surface area contributed by atoms with Gasteiger partial charge in [-0.2, -0.15) is 0 Å². The van der Waals surface area contributed by atoms with Crippen LogP contribution in [0.2, 0.25) is 0 Å². The molecule has 17 heavy (non-hydrogen) atoms. The zero-order valence-electron chi connectivity index (χ0n) is 9.06. The van der Waals surface area contributed by atoms with E-state index < -0.39 is 0 Å². The number of thiophene rings is 1. The first-order valence-corrected chi connectivity index (χ1v) is 6.14. The molecule has 4 nitrogen and oxygen atoms in total. The molecular weight excluding hydrogens is 236 g/mol. The van der Waals surface area contributed by atoms with E-state index >= 15 is 0 Å². The lowest BCUT2D eigenvalue weighted by Gasteiger charge is -1.97. The van der Waals surface area contributed by atoms with Crippen LogP contribution in [0.15, 0.2) is 24.3 Å². The Bertz CT molecular complexity index is 672. The first-order chi connectivity index (χ1) is 8.28. The lowest BCUT2D eigenvalue weighted by atomic mass is 10.2. The average Bonchev–Trinajstić information content (AvgIpc) is 2.87. The number of ether oxygens (including phenoxy) is 1. The number of aromatic amines is 1. The molecule has 0 spiro atoms. The molecule has 0 aliphatic carbocycles. The molecule has 4 N–H and O–H groups in total. The molecule has 1 aromatic carbocycles. The van der Waals surface area contributed by atoms with E-state index in [1.807, 2.05) is 24.3 Å². The van der Waals surface area contributed by atoms with E-state index in [2.05, 4.69) is 4.98 Å². The normalized spacial score (nSPS) is 11.4. The molecule has 0 amide bonds. The Labute approximate surface area is 102 Å². The maximum absolute atomic E-state index is 8.73. The third kappa shape index (κ3) is 1.73. The number of H-pyrrole nitrogens is 1. The Balaban J connectivity index is 2.16. The highest BCUT2D eigenvalue weighted by Crippen LogP contribution is 2.36. The van der Waals surface area contributed by atoms with Crippen molar-refractivity contribution in [3.8, 4) is 5.06 Å². The number of benzene rings is 1. The maximum Gasteiger partial charge on any atom is 0.175 e. The predicted molar refractivity (Wildman–Crippen MR) is 70.7 cm³/mol. The van der Waals surface area contributed by atoms with Crippen molar-refractivity contribution in [2.75, 3.05) is 18.9 Å². The topological polar surface area (TPSA) is 71.3 Å². The van der Waals surface area contributed by atoms with Gasteiger partial charge in [0.1, 0.15) is 12.4 Å². The lowest BCUT2D eigenvalue weighted by Crippen LogP contribution is -1.99. The zero-order valence-corrected chi connectivity index (χ0v) is 9.88. The second kappa shape index (κ2) is 3.94. The summed E-state index contributed by atoms with van der Waals surface area (Å²) < 4.78 is 6.55. The van der Waals surface area contributed by atoms with Gasteiger partial charge in [-0.15, -0.1) is 0 Å². The quantitative estimate of drug-likeness (QED) is 0.666. The smallest absolute Gasteiger partial charge is 0.175 e. The number of hydrogen-bond acceptors (Lipinski definition) is 4. The largest absolute Gasteiger partial charge is 0.482 e. The summed E-state index contributed by atoms with van der Waals surface area (Å²) in [5, 5.41) is 11.8. The molecule has 0 bridgehead atoms. The van der Waals surface area contributed by atoms with Gasteiger partial charge in [-0.3, -0.25) is 0 Å². The van der Waals surface area contributed by atoms with E-state index in [0.717, 1.165) is 26.1 Å². The fraction of sp³-hybridized carbons (Fsp3) is 0.167. The Kier molecular flexibility index (Phi) is 2.42. The zero-order chi connectivity index (χ0) is 11.8. The van der Waals surface area contributed by atoms with Crippen LogP contribution in [0.5, 0.6) is 5.06 Å². The summed E-state index contributed by atoms with van der Waals surface area (Å²) in [5.74, 6) is 0.665. The van der Waals surface area contributed by atoms with Crippen LogP contribution in [0.4, 0.5) is 5.82 Å². The Hall–Kier alpha value is -1.72. The van der Waals surface area contributed by atoms with Crippen molar-refractivity contribution in [3.05, 3.63) is 24.3 Å². The van der Waals surface area contributed by atoms with Crippen LogP contribution in [0.3, 0.4) is 0 Å². The van der Waals surface area contributed by atoms with Gasteiger partial charge in [0.2, 0.25) is 0 Å². The number of rotatable bonds is 3. The number of nitrogens with two attached hydrogens (primary N) is 1. The molecule has 0 aliphatic heterocycles. The number of fused-ring (bicyclic) bond motifs is 3. The summed E-state index contributed by atoms with van der Waals surface area (Å²) in [7, 11) is 0. The van der Waals surface area contributed by atoms with E-state index in [1.165, 1.54) is 0 Å². The molecule has 2 aromatic heterocycles.